The standard InChI is InChI=1S/C17H25NO2/c1-3-14-8-4-5-10-16(14)18(2)12-13-7-6-9-15(11-13)17(19)20/h6-7,9,11,14,16H,3-5,8,10,12H2,1-2H3,(H,19,20). The Hall–Kier alpha value is -1.35. The third-order valence-electron chi connectivity index (χ3n) is 4.57. The van der Waals surface area contributed by atoms with Crippen LogP contribution in [0.3, 0.4) is 0 Å². The number of carbonyl (C=O) groups is 1. The summed E-state index contributed by atoms with van der Waals surface area (Å²) in [5.41, 5.74) is 1.47. The van der Waals surface area contributed by atoms with Gasteiger partial charge in [0.15, 0.2) is 0 Å². The van der Waals surface area contributed by atoms with Gasteiger partial charge in [0.25, 0.3) is 0 Å². The van der Waals surface area contributed by atoms with E-state index in [1.165, 1.54) is 32.1 Å². The van der Waals surface area contributed by atoms with E-state index in [2.05, 4.69) is 18.9 Å². The van der Waals surface area contributed by atoms with Gasteiger partial charge in [0.2, 0.25) is 0 Å². The molecule has 0 amide bonds. The van der Waals surface area contributed by atoms with Crippen LogP contribution in [-0.4, -0.2) is 29.1 Å². The lowest BCUT2D eigenvalue weighted by Crippen LogP contribution is -2.39. The van der Waals surface area contributed by atoms with Gasteiger partial charge in [-0.3, -0.25) is 4.90 Å². The molecule has 0 aliphatic heterocycles. The van der Waals surface area contributed by atoms with Crippen LogP contribution in [0.1, 0.15) is 54.9 Å². The predicted octanol–water partition coefficient (Wildman–Crippen LogP) is 3.79. The first-order valence-corrected chi connectivity index (χ1v) is 7.64. The summed E-state index contributed by atoms with van der Waals surface area (Å²) in [6.07, 6.45) is 6.52. The van der Waals surface area contributed by atoms with E-state index in [1.807, 2.05) is 12.1 Å². The minimum atomic E-state index is -0.849. The fourth-order valence-corrected chi connectivity index (χ4v) is 3.45. The first-order chi connectivity index (χ1) is 9.61. The maximum Gasteiger partial charge on any atom is 0.335 e. The van der Waals surface area contributed by atoms with Gasteiger partial charge in [-0.2, -0.15) is 0 Å². The van der Waals surface area contributed by atoms with Crippen molar-refractivity contribution in [1.82, 2.24) is 4.90 Å². The molecule has 1 aromatic carbocycles. The highest BCUT2D eigenvalue weighted by molar-refractivity contribution is 5.87. The van der Waals surface area contributed by atoms with Crippen molar-refractivity contribution in [3.05, 3.63) is 35.4 Å². The quantitative estimate of drug-likeness (QED) is 0.889. The molecule has 0 bridgehead atoms. The SMILES string of the molecule is CCC1CCCCC1N(C)Cc1cccc(C(=O)O)c1. The van der Waals surface area contributed by atoms with Gasteiger partial charge in [-0.1, -0.05) is 38.3 Å². The molecule has 1 N–H and O–H groups in total. The van der Waals surface area contributed by atoms with Crippen LogP contribution in [0.15, 0.2) is 24.3 Å². The van der Waals surface area contributed by atoms with E-state index in [0.29, 0.717) is 11.6 Å². The van der Waals surface area contributed by atoms with E-state index in [0.717, 1.165) is 18.0 Å². The topological polar surface area (TPSA) is 40.5 Å². The molecule has 1 aromatic rings. The average molecular weight is 275 g/mol. The maximum absolute atomic E-state index is 11.0. The number of hydrogen-bond donors (Lipinski definition) is 1. The van der Waals surface area contributed by atoms with Crippen LogP contribution in [0, 0.1) is 5.92 Å². The van der Waals surface area contributed by atoms with Crippen molar-refractivity contribution in [2.45, 2.75) is 51.6 Å². The zero-order valence-electron chi connectivity index (χ0n) is 12.5. The monoisotopic (exact) mass is 275 g/mol. The number of benzene rings is 1. The molecular weight excluding hydrogens is 250 g/mol. The molecule has 0 heterocycles. The van der Waals surface area contributed by atoms with Crippen molar-refractivity contribution in [1.29, 1.82) is 0 Å². The van der Waals surface area contributed by atoms with E-state index in [9.17, 15) is 4.79 Å². The molecular formula is C17H25NO2. The second kappa shape index (κ2) is 6.89. The summed E-state index contributed by atoms with van der Waals surface area (Å²) in [6.45, 7) is 3.12. The Balaban J connectivity index is 2.04. The molecule has 1 aliphatic rings. The Morgan fingerprint density at radius 2 is 2.10 bits per heavy atom. The fraction of sp³-hybridized carbons (Fsp3) is 0.588. The summed E-state index contributed by atoms with van der Waals surface area (Å²) in [4.78, 5) is 13.4. The van der Waals surface area contributed by atoms with Crippen molar-refractivity contribution < 1.29 is 9.90 Å². The molecule has 1 aliphatic carbocycles. The smallest absolute Gasteiger partial charge is 0.335 e. The minimum Gasteiger partial charge on any atom is -0.478 e. The van der Waals surface area contributed by atoms with E-state index < -0.39 is 5.97 Å². The number of carboxylic acids is 1. The highest BCUT2D eigenvalue weighted by Gasteiger charge is 2.26. The molecule has 2 atom stereocenters. The number of nitrogens with zero attached hydrogens (tertiary/aromatic N) is 1. The molecule has 0 saturated heterocycles. The largest absolute Gasteiger partial charge is 0.478 e. The van der Waals surface area contributed by atoms with Gasteiger partial charge in [0, 0.05) is 12.6 Å². The normalized spacial score (nSPS) is 22.9. The van der Waals surface area contributed by atoms with Crippen LogP contribution in [0.5, 0.6) is 0 Å². The number of rotatable bonds is 5. The summed E-state index contributed by atoms with van der Waals surface area (Å²) in [5.74, 6) is -0.0602. The van der Waals surface area contributed by atoms with Crippen molar-refractivity contribution >= 4 is 5.97 Å². The zero-order valence-corrected chi connectivity index (χ0v) is 12.5. The summed E-state index contributed by atoms with van der Waals surface area (Å²) in [6, 6.07) is 7.95. The van der Waals surface area contributed by atoms with Crippen molar-refractivity contribution in [3.63, 3.8) is 0 Å². The van der Waals surface area contributed by atoms with Crippen LogP contribution in [-0.2, 0) is 6.54 Å². The number of carboxylic acid groups (broad SMARTS) is 1. The third-order valence-corrected chi connectivity index (χ3v) is 4.57. The van der Waals surface area contributed by atoms with Gasteiger partial charge >= 0.3 is 5.97 Å². The lowest BCUT2D eigenvalue weighted by molar-refractivity contribution is 0.0696. The summed E-state index contributed by atoms with van der Waals surface area (Å²) in [7, 11) is 2.17. The van der Waals surface area contributed by atoms with Gasteiger partial charge in [0.05, 0.1) is 5.56 Å². The molecule has 3 nitrogen and oxygen atoms in total. The Morgan fingerprint density at radius 1 is 1.35 bits per heavy atom. The Bertz CT molecular complexity index is 458. The molecule has 1 fully saturated rings. The van der Waals surface area contributed by atoms with E-state index in [-0.39, 0.29) is 0 Å². The van der Waals surface area contributed by atoms with Gasteiger partial charge in [-0.15, -0.1) is 0 Å². The van der Waals surface area contributed by atoms with Crippen molar-refractivity contribution in [3.8, 4) is 0 Å². The predicted molar refractivity (Wildman–Crippen MR) is 80.9 cm³/mol. The van der Waals surface area contributed by atoms with Gasteiger partial charge in [-0.25, -0.2) is 4.79 Å². The van der Waals surface area contributed by atoms with E-state index >= 15 is 0 Å². The fourth-order valence-electron chi connectivity index (χ4n) is 3.45. The molecule has 20 heavy (non-hydrogen) atoms. The first-order valence-electron chi connectivity index (χ1n) is 7.64. The minimum absolute atomic E-state index is 0.381. The Morgan fingerprint density at radius 3 is 2.80 bits per heavy atom. The second-order valence-electron chi connectivity index (χ2n) is 5.94. The highest BCUT2D eigenvalue weighted by atomic mass is 16.4. The molecule has 2 unspecified atom stereocenters. The summed E-state index contributed by atoms with van der Waals surface area (Å²) < 4.78 is 0. The van der Waals surface area contributed by atoms with Gasteiger partial charge in [-0.05, 0) is 43.5 Å². The molecule has 1 saturated carbocycles. The Kier molecular flexibility index (Phi) is 5.18. The van der Waals surface area contributed by atoms with E-state index in [4.69, 9.17) is 5.11 Å². The van der Waals surface area contributed by atoms with Crippen LogP contribution in [0.4, 0.5) is 0 Å². The van der Waals surface area contributed by atoms with Crippen molar-refractivity contribution in [2.24, 2.45) is 5.92 Å². The average Bonchev–Trinajstić information content (AvgIpc) is 2.47. The van der Waals surface area contributed by atoms with Crippen LogP contribution < -0.4 is 0 Å². The molecule has 0 aromatic heterocycles. The highest BCUT2D eigenvalue weighted by Crippen LogP contribution is 2.30. The molecule has 3 heteroatoms. The summed E-state index contributed by atoms with van der Waals surface area (Å²) >= 11 is 0. The first kappa shape index (κ1) is 15.0. The van der Waals surface area contributed by atoms with Crippen LogP contribution in [0.25, 0.3) is 0 Å². The van der Waals surface area contributed by atoms with Gasteiger partial charge in [0.1, 0.15) is 0 Å². The van der Waals surface area contributed by atoms with Crippen LogP contribution >= 0.6 is 0 Å². The zero-order chi connectivity index (χ0) is 14.5. The summed E-state index contributed by atoms with van der Waals surface area (Å²) in [5, 5.41) is 9.06. The van der Waals surface area contributed by atoms with Crippen molar-refractivity contribution in [2.75, 3.05) is 7.05 Å². The van der Waals surface area contributed by atoms with E-state index in [1.54, 1.807) is 12.1 Å². The van der Waals surface area contributed by atoms with Crippen LogP contribution in [0.2, 0.25) is 0 Å². The lowest BCUT2D eigenvalue weighted by Gasteiger charge is -2.37. The molecule has 0 spiro atoms. The number of aromatic carboxylic acids is 1. The Labute approximate surface area is 121 Å². The second-order valence-corrected chi connectivity index (χ2v) is 5.94. The number of hydrogen-bond acceptors (Lipinski definition) is 2. The lowest BCUT2D eigenvalue weighted by atomic mass is 9.82. The molecule has 110 valence electrons. The molecule has 0 radical (unpaired) electrons. The molecule has 2 rings (SSSR count). The van der Waals surface area contributed by atoms with Gasteiger partial charge < -0.3 is 5.11 Å². The third kappa shape index (κ3) is 3.60. The maximum atomic E-state index is 11.0.